The number of rotatable bonds is 5. The van der Waals surface area contributed by atoms with Crippen LogP contribution in [0.5, 0.6) is 0 Å². The average molecular weight is 580 g/mol. The maximum Gasteiger partial charge on any atom is 0.255 e. The van der Waals surface area contributed by atoms with Crippen LogP contribution in [0.4, 0.5) is 15.8 Å². The second-order valence-corrected chi connectivity index (χ2v) is 12.7. The molecule has 41 heavy (non-hydrogen) atoms. The van der Waals surface area contributed by atoms with Gasteiger partial charge in [0.25, 0.3) is 5.91 Å². The number of amides is 3. The minimum Gasteiger partial charge on any atom is -0.377 e. The summed E-state index contributed by atoms with van der Waals surface area (Å²) < 4.78 is 44.2. The van der Waals surface area contributed by atoms with Crippen LogP contribution < -0.4 is 15.1 Å². The summed E-state index contributed by atoms with van der Waals surface area (Å²) in [5.41, 5.74) is 2.01. The molecule has 3 aromatic carbocycles. The van der Waals surface area contributed by atoms with Gasteiger partial charge in [0, 0.05) is 75.3 Å². The van der Waals surface area contributed by atoms with Crippen LogP contribution >= 0.6 is 0 Å². The van der Waals surface area contributed by atoms with Gasteiger partial charge in [-0.1, -0.05) is 24.3 Å². The molecule has 1 atom stereocenters. The van der Waals surface area contributed by atoms with Gasteiger partial charge < -0.3 is 14.7 Å². The molecule has 1 N–H and O–H groups in total. The zero-order chi connectivity index (χ0) is 29.1. The van der Waals surface area contributed by atoms with Crippen LogP contribution in [0, 0.1) is 5.82 Å². The van der Waals surface area contributed by atoms with Gasteiger partial charge in [-0.05, 0) is 36.2 Å². The molecule has 2 saturated heterocycles. The molecule has 10 nitrogen and oxygen atoms in total. The normalized spacial score (nSPS) is 20.0. The van der Waals surface area contributed by atoms with Crippen LogP contribution in [0.15, 0.2) is 53.4 Å². The van der Waals surface area contributed by atoms with Crippen LogP contribution in [0.3, 0.4) is 0 Å². The van der Waals surface area contributed by atoms with Crippen molar-refractivity contribution < 1.29 is 27.2 Å². The molecule has 0 saturated carbocycles. The fraction of sp³-hybridized carbons (Fsp3) is 0.345. The van der Waals surface area contributed by atoms with E-state index >= 15 is 4.39 Å². The van der Waals surface area contributed by atoms with Gasteiger partial charge in [0.2, 0.25) is 21.8 Å². The van der Waals surface area contributed by atoms with Gasteiger partial charge in [-0.2, -0.15) is 4.31 Å². The van der Waals surface area contributed by atoms with Crippen LogP contribution in [-0.2, 0) is 26.2 Å². The van der Waals surface area contributed by atoms with E-state index in [4.69, 9.17) is 0 Å². The first kappa shape index (κ1) is 27.2. The molecule has 0 aliphatic carbocycles. The van der Waals surface area contributed by atoms with Crippen molar-refractivity contribution in [1.82, 2.24) is 14.5 Å². The highest BCUT2D eigenvalue weighted by molar-refractivity contribution is 7.89. The Labute approximate surface area is 237 Å². The van der Waals surface area contributed by atoms with Crippen molar-refractivity contribution in [2.75, 3.05) is 50.1 Å². The molecule has 12 heteroatoms. The highest BCUT2D eigenvalue weighted by atomic mass is 32.2. The summed E-state index contributed by atoms with van der Waals surface area (Å²) in [5, 5.41) is 3.76. The predicted octanol–water partition coefficient (Wildman–Crippen LogP) is 2.32. The van der Waals surface area contributed by atoms with Gasteiger partial charge in [0.05, 0.1) is 10.6 Å². The van der Waals surface area contributed by atoms with E-state index in [-0.39, 0.29) is 61.9 Å². The van der Waals surface area contributed by atoms with Crippen molar-refractivity contribution in [1.29, 1.82) is 0 Å². The number of fused-ring (bicyclic) bond motifs is 2. The number of nitrogens with zero attached hydrogens (tertiary/aromatic N) is 4. The summed E-state index contributed by atoms with van der Waals surface area (Å²) in [5.74, 6) is -1.92. The van der Waals surface area contributed by atoms with Crippen molar-refractivity contribution in [3.63, 3.8) is 0 Å². The van der Waals surface area contributed by atoms with Crippen LogP contribution in [0.2, 0.25) is 0 Å². The number of nitrogens with one attached hydrogen (secondary N) is 1. The second-order valence-electron chi connectivity index (χ2n) is 10.8. The van der Waals surface area contributed by atoms with Crippen molar-refractivity contribution >= 4 is 49.9 Å². The molecule has 0 spiro atoms. The number of piperazine rings is 1. The molecule has 214 valence electrons. The maximum absolute atomic E-state index is 15.3. The molecular formula is C29H30FN5O5S. The fourth-order valence-electron chi connectivity index (χ4n) is 6.01. The summed E-state index contributed by atoms with van der Waals surface area (Å²) in [4.78, 5) is 42.2. The number of imide groups is 1. The molecule has 1 unspecified atom stereocenters. The lowest BCUT2D eigenvalue weighted by Gasteiger charge is -2.36. The Morgan fingerprint density at radius 1 is 0.951 bits per heavy atom. The zero-order valence-corrected chi connectivity index (χ0v) is 23.6. The number of hydrogen-bond acceptors (Lipinski definition) is 7. The average Bonchev–Trinajstić information content (AvgIpc) is 3.26. The largest absolute Gasteiger partial charge is 0.377 e. The van der Waals surface area contributed by atoms with Gasteiger partial charge in [-0.15, -0.1) is 0 Å². The Morgan fingerprint density at radius 3 is 2.37 bits per heavy atom. The number of piperidine rings is 1. The second kappa shape index (κ2) is 10.1. The lowest BCUT2D eigenvalue weighted by atomic mass is 10.0. The van der Waals surface area contributed by atoms with Gasteiger partial charge in [-0.25, -0.2) is 12.8 Å². The third kappa shape index (κ3) is 4.60. The van der Waals surface area contributed by atoms with Gasteiger partial charge >= 0.3 is 0 Å². The fourth-order valence-corrected chi connectivity index (χ4v) is 7.64. The molecule has 0 radical (unpaired) electrons. The van der Waals surface area contributed by atoms with Gasteiger partial charge in [0.1, 0.15) is 11.9 Å². The smallest absolute Gasteiger partial charge is 0.255 e. The van der Waals surface area contributed by atoms with Crippen LogP contribution in [-0.4, -0.2) is 81.7 Å². The van der Waals surface area contributed by atoms with Crippen molar-refractivity contribution in [2.45, 2.75) is 30.3 Å². The molecule has 6 rings (SSSR count). The van der Waals surface area contributed by atoms with Crippen LogP contribution in [0.1, 0.15) is 28.8 Å². The number of sulfonamides is 1. The summed E-state index contributed by atoms with van der Waals surface area (Å²) >= 11 is 0. The third-order valence-electron chi connectivity index (χ3n) is 8.13. The molecule has 3 heterocycles. The number of benzene rings is 3. The Morgan fingerprint density at radius 2 is 1.66 bits per heavy atom. The standard InChI is InChI=1S/C29H30FN5O5S/c1-32(2)23-7-3-6-20-19(23)5-4-8-26(20)41(39,40)34-13-11-33(12-14-34)25-15-18-17-35(29(38)21(18)16-22(25)30)24-9-10-27(36)31-28(24)37/h3-8,15-16,24H,9-14,17H2,1-2H3,(H,31,36,37). The van der Waals surface area contributed by atoms with E-state index in [1.165, 1.54) is 15.3 Å². The first-order valence-corrected chi connectivity index (χ1v) is 14.9. The quantitative estimate of drug-likeness (QED) is 0.462. The van der Waals surface area contributed by atoms with Crippen LogP contribution in [0.25, 0.3) is 10.8 Å². The van der Waals surface area contributed by atoms with E-state index in [1.54, 1.807) is 23.1 Å². The zero-order valence-electron chi connectivity index (χ0n) is 22.8. The Kier molecular flexibility index (Phi) is 6.69. The molecule has 2 fully saturated rings. The molecule has 0 aromatic heterocycles. The summed E-state index contributed by atoms with van der Waals surface area (Å²) in [7, 11) is 0.0132. The lowest BCUT2D eigenvalue weighted by Crippen LogP contribution is -2.52. The van der Waals surface area contributed by atoms with Gasteiger partial charge in [-0.3, -0.25) is 19.7 Å². The minimum absolute atomic E-state index is 0.137. The van der Waals surface area contributed by atoms with Crippen molar-refractivity contribution in [2.24, 2.45) is 0 Å². The molecule has 3 aliphatic rings. The summed E-state index contributed by atoms with van der Waals surface area (Å²) in [6.07, 6.45) is 0.363. The molecule has 3 aliphatic heterocycles. The van der Waals surface area contributed by atoms with E-state index in [1.807, 2.05) is 43.3 Å². The highest BCUT2D eigenvalue weighted by Gasteiger charge is 2.40. The van der Waals surface area contributed by atoms with E-state index in [2.05, 4.69) is 5.32 Å². The summed E-state index contributed by atoms with van der Waals surface area (Å²) in [6.45, 7) is 1.02. The topological polar surface area (TPSA) is 110 Å². The van der Waals surface area contributed by atoms with Crippen molar-refractivity contribution in [3.8, 4) is 0 Å². The Bertz CT molecular complexity index is 1700. The van der Waals surface area contributed by atoms with E-state index in [0.29, 0.717) is 16.6 Å². The summed E-state index contributed by atoms with van der Waals surface area (Å²) in [6, 6.07) is 12.9. The predicted molar refractivity (Wildman–Crippen MR) is 152 cm³/mol. The third-order valence-corrected chi connectivity index (χ3v) is 10.1. The molecule has 0 bridgehead atoms. The minimum atomic E-state index is -3.81. The molecule has 3 aromatic rings. The SMILES string of the molecule is CN(C)c1cccc2c(S(=O)(=O)N3CCN(c4cc5c(cc4F)C(=O)N(C4CCC(=O)NC4=O)C5)CC3)cccc12. The lowest BCUT2D eigenvalue weighted by molar-refractivity contribution is -0.136. The number of anilines is 2. The van der Waals surface area contributed by atoms with E-state index in [9.17, 15) is 22.8 Å². The Hall–Kier alpha value is -4.03. The van der Waals surface area contributed by atoms with Crippen molar-refractivity contribution in [3.05, 3.63) is 65.5 Å². The first-order chi connectivity index (χ1) is 19.6. The molecular weight excluding hydrogens is 549 g/mol. The van der Waals surface area contributed by atoms with E-state index in [0.717, 1.165) is 11.1 Å². The number of halogens is 1. The number of hydrogen-bond donors (Lipinski definition) is 1. The monoisotopic (exact) mass is 579 g/mol. The maximum atomic E-state index is 15.3. The number of carbonyl (C=O) groups is 3. The Balaban J connectivity index is 1.20. The molecule has 3 amide bonds. The van der Waals surface area contributed by atoms with Gasteiger partial charge in [0.15, 0.2) is 0 Å². The first-order valence-electron chi connectivity index (χ1n) is 13.5. The highest BCUT2D eigenvalue weighted by Crippen LogP contribution is 2.35. The number of carbonyl (C=O) groups excluding carboxylic acids is 3. The van der Waals surface area contributed by atoms with E-state index < -0.39 is 33.7 Å².